The molecule has 0 saturated carbocycles. The molecule has 0 bridgehead atoms. The molecule has 0 aliphatic rings. The Morgan fingerprint density at radius 1 is 1.13 bits per heavy atom. The van der Waals surface area contributed by atoms with Crippen molar-refractivity contribution in [1.82, 2.24) is 0 Å². The third-order valence-electron chi connectivity index (χ3n) is 2.59. The van der Waals surface area contributed by atoms with Crippen molar-refractivity contribution in [1.29, 1.82) is 0 Å². The van der Waals surface area contributed by atoms with Crippen molar-refractivity contribution in [3.8, 4) is 0 Å². The molecule has 0 radical (unpaired) electrons. The molecule has 0 aliphatic heterocycles. The highest BCUT2D eigenvalue weighted by molar-refractivity contribution is 7.80. The topological polar surface area (TPSA) is 0 Å². The monoisotopic (exact) mass is 220 g/mol. The van der Waals surface area contributed by atoms with E-state index in [2.05, 4.69) is 45.0 Å². The molecular weight excluding hydrogens is 200 g/mol. The summed E-state index contributed by atoms with van der Waals surface area (Å²) in [5.74, 6) is 0. The van der Waals surface area contributed by atoms with Gasteiger partial charge in [0.25, 0.3) is 0 Å². The first-order valence-electron chi connectivity index (χ1n) is 5.48. The van der Waals surface area contributed by atoms with Gasteiger partial charge in [-0.25, -0.2) is 0 Å². The van der Waals surface area contributed by atoms with Crippen molar-refractivity contribution in [2.24, 2.45) is 0 Å². The zero-order valence-electron chi connectivity index (χ0n) is 10.1. The van der Waals surface area contributed by atoms with Crippen LogP contribution in [0.3, 0.4) is 0 Å². The summed E-state index contributed by atoms with van der Waals surface area (Å²) in [6.45, 7) is 8.73. The molecule has 0 atom stereocenters. The van der Waals surface area contributed by atoms with Crippen LogP contribution in [-0.4, -0.2) is 4.86 Å². The van der Waals surface area contributed by atoms with E-state index in [0.29, 0.717) is 0 Å². The lowest BCUT2D eigenvalue weighted by atomic mass is 9.86. The van der Waals surface area contributed by atoms with Gasteiger partial charge in [0.1, 0.15) is 0 Å². The number of aryl methyl sites for hydroxylation is 1. The second kappa shape index (κ2) is 4.89. The first kappa shape index (κ1) is 12.4. The molecule has 1 heteroatoms. The number of rotatable bonds is 3. The highest BCUT2D eigenvalue weighted by Gasteiger charge is 2.12. The average molecular weight is 220 g/mol. The molecule has 1 rings (SSSR count). The van der Waals surface area contributed by atoms with Crippen LogP contribution in [0.15, 0.2) is 24.3 Å². The maximum absolute atomic E-state index is 5.08. The minimum atomic E-state index is 0.249. The minimum absolute atomic E-state index is 0.249. The van der Waals surface area contributed by atoms with Gasteiger partial charge < -0.3 is 0 Å². The lowest BCUT2D eigenvalue weighted by molar-refractivity contribution is 0.590. The van der Waals surface area contributed by atoms with Crippen molar-refractivity contribution < 1.29 is 0 Å². The Bertz CT molecular complexity index is 327. The summed E-state index contributed by atoms with van der Waals surface area (Å²) in [7, 11) is 0. The first-order valence-corrected chi connectivity index (χ1v) is 5.89. The van der Waals surface area contributed by atoms with Crippen molar-refractivity contribution in [3.63, 3.8) is 0 Å². The van der Waals surface area contributed by atoms with Crippen LogP contribution in [0.2, 0.25) is 0 Å². The van der Waals surface area contributed by atoms with E-state index in [4.69, 9.17) is 12.2 Å². The maximum Gasteiger partial charge on any atom is -0.00992 e. The third-order valence-corrected chi connectivity index (χ3v) is 2.79. The lowest BCUT2D eigenvalue weighted by Gasteiger charge is -2.19. The fourth-order valence-electron chi connectivity index (χ4n) is 1.49. The Hall–Kier alpha value is -0.690. The van der Waals surface area contributed by atoms with Gasteiger partial charge in [-0.1, -0.05) is 57.3 Å². The van der Waals surface area contributed by atoms with Gasteiger partial charge in [-0.15, -0.1) is 0 Å². The van der Waals surface area contributed by atoms with Gasteiger partial charge in [0.2, 0.25) is 0 Å². The van der Waals surface area contributed by atoms with Crippen molar-refractivity contribution in [2.45, 2.75) is 46.0 Å². The van der Waals surface area contributed by atoms with Gasteiger partial charge >= 0.3 is 0 Å². The number of hydrogen-bond donors (Lipinski definition) is 0. The lowest BCUT2D eigenvalue weighted by Crippen LogP contribution is -2.10. The van der Waals surface area contributed by atoms with E-state index in [1.807, 2.05) is 6.92 Å². The molecule has 82 valence electrons. The smallest absolute Gasteiger partial charge is 0.00992 e. The van der Waals surface area contributed by atoms with Crippen LogP contribution in [-0.2, 0) is 11.8 Å². The predicted molar refractivity (Wildman–Crippen MR) is 71.7 cm³/mol. The summed E-state index contributed by atoms with van der Waals surface area (Å²) in [6, 6.07) is 8.90. The van der Waals surface area contributed by atoms with E-state index < -0.39 is 0 Å². The van der Waals surface area contributed by atoms with Gasteiger partial charge in [-0.2, -0.15) is 0 Å². The van der Waals surface area contributed by atoms with Crippen LogP contribution < -0.4 is 0 Å². The van der Waals surface area contributed by atoms with Crippen molar-refractivity contribution >= 4 is 17.1 Å². The Kier molecular flexibility index (Phi) is 4.04. The zero-order valence-corrected chi connectivity index (χ0v) is 10.9. The number of hydrogen-bond acceptors (Lipinski definition) is 1. The summed E-state index contributed by atoms with van der Waals surface area (Å²) < 4.78 is 0. The molecule has 1 aromatic rings. The standard InChI is InChI=1S/C14H20S/c1-11(15)5-6-12-7-9-13(10-8-12)14(2,3)4/h7-10H,5-6H2,1-4H3. The van der Waals surface area contributed by atoms with Gasteiger partial charge in [0.05, 0.1) is 0 Å². The van der Waals surface area contributed by atoms with E-state index in [9.17, 15) is 0 Å². The average Bonchev–Trinajstić information content (AvgIpc) is 2.14. The van der Waals surface area contributed by atoms with E-state index >= 15 is 0 Å². The summed E-state index contributed by atoms with van der Waals surface area (Å²) in [6.07, 6.45) is 2.09. The molecule has 0 aliphatic carbocycles. The normalized spacial score (nSPS) is 11.5. The Morgan fingerprint density at radius 2 is 1.67 bits per heavy atom. The van der Waals surface area contributed by atoms with E-state index in [0.717, 1.165) is 17.7 Å². The molecule has 0 saturated heterocycles. The van der Waals surface area contributed by atoms with Crippen molar-refractivity contribution in [3.05, 3.63) is 35.4 Å². The second-order valence-electron chi connectivity index (χ2n) is 5.15. The van der Waals surface area contributed by atoms with Crippen LogP contribution in [0.25, 0.3) is 0 Å². The molecular formula is C14H20S. The molecule has 0 fully saturated rings. The molecule has 0 nitrogen and oxygen atoms in total. The molecule has 0 spiro atoms. The van der Waals surface area contributed by atoms with Crippen molar-refractivity contribution in [2.75, 3.05) is 0 Å². The van der Waals surface area contributed by atoms with Crippen LogP contribution in [0.1, 0.15) is 45.2 Å². The number of benzene rings is 1. The molecule has 0 unspecified atom stereocenters. The first-order chi connectivity index (χ1) is 6.89. The SMILES string of the molecule is CC(=S)CCc1ccc(C(C)(C)C)cc1. The Morgan fingerprint density at radius 3 is 2.07 bits per heavy atom. The highest BCUT2D eigenvalue weighted by Crippen LogP contribution is 2.22. The quantitative estimate of drug-likeness (QED) is 0.684. The summed E-state index contributed by atoms with van der Waals surface area (Å²) in [5, 5.41) is 0. The third kappa shape index (κ3) is 4.13. The molecule has 0 heterocycles. The Labute approximate surface area is 98.7 Å². The fourth-order valence-corrected chi connectivity index (χ4v) is 1.59. The van der Waals surface area contributed by atoms with Crippen LogP contribution >= 0.6 is 12.2 Å². The van der Waals surface area contributed by atoms with Gasteiger partial charge in [-0.05, 0) is 41.2 Å². The second-order valence-corrected chi connectivity index (χ2v) is 5.85. The fraction of sp³-hybridized carbons (Fsp3) is 0.500. The van der Waals surface area contributed by atoms with Gasteiger partial charge in [0.15, 0.2) is 0 Å². The maximum atomic E-state index is 5.08. The molecule has 0 amide bonds. The molecule has 0 aromatic heterocycles. The minimum Gasteiger partial charge on any atom is -0.0900 e. The van der Waals surface area contributed by atoms with Crippen LogP contribution in [0, 0.1) is 0 Å². The molecule has 1 aromatic carbocycles. The van der Waals surface area contributed by atoms with E-state index in [1.165, 1.54) is 11.1 Å². The molecule has 15 heavy (non-hydrogen) atoms. The van der Waals surface area contributed by atoms with Crippen LogP contribution in [0.4, 0.5) is 0 Å². The number of thiocarbonyl (C=S) groups is 1. The van der Waals surface area contributed by atoms with E-state index in [-0.39, 0.29) is 5.41 Å². The van der Waals surface area contributed by atoms with Crippen LogP contribution in [0.5, 0.6) is 0 Å². The highest BCUT2D eigenvalue weighted by atomic mass is 32.1. The van der Waals surface area contributed by atoms with Gasteiger partial charge in [0, 0.05) is 0 Å². The Balaban J connectivity index is 2.69. The zero-order chi connectivity index (χ0) is 11.5. The largest absolute Gasteiger partial charge is 0.0900 e. The molecule has 0 N–H and O–H groups in total. The summed E-state index contributed by atoms with van der Waals surface area (Å²) >= 11 is 5.08. The van der Waals surface area contributed by atoms with Gasteiger partial charge in [-0.3, -0.25) is 0 Å². The summed E-state index contributed by atoms with van der Waals surface area (Å²) in [5.41, 5.74) is 3.02. The predicted octanol–water partition coefficient (Wildman–Crippen LogP) is 4.31. The summed E-state index contributed by atoms with van der Waals surface area (Å²) in [4.78, 5) is 1.09. The van der Waals surface area contributed by atoms with E-state index in [1.54, 1.807) is 0 Å².